The first-order chi connectivity index (χ1) is 9.04. The van der Waals surface area contributed by atoms with Crippen molar-refractivity contribution in [3.8, 4) is 0 Å². The van der Waals surface area contributed by atoms with Gasteiger partial charge in [0.1, 0.15) is 5.82 Å². The van der Waals surface area contributed by atoms with Crippen molar-refractivity contribution < 1.29 is 19.4 Å². The number of aromatic carboxylic acids is 1. The Morgan fingerprint density at radius 3 is 2.84 bits per heavy atom. The molecule has 0 saturated carbocycles. The number of rotatable bonds is 8. The van der Waals surface area contributed by atoms with E-state index in [2.05, 4.69) is 5.32 Å². The minimum atomic E-state index is -1.06. The van der Waals surface area contributed by atoms with Crippen molar-refractivity contribution in [1.82, 2.24) is 5.32 Å². The molecule has 1 rings (SSSR count). The number of hydrogen-bond donors (Lipinski definition) is 3. The number of halogens is 1. The third kappa shape index (κ3) is 5.36. The van der Waals surface area contributed by atoms with Gasteiger partial charge < -0.3 is 15.5 Å². The first-order valence-corrected chi connectivity index (χ1v) is 6.38. The Labute approximate surface area is 112 Å². The van der Waals surface area contributed by atoms with Crippen LogP contribution in [-0.2, 0) is 6.54 Å². The second-order valence-electron chi connectivity index (χ2n) is 4.72. The number of carboxylic acid groups (broad SMARTS) is 1. The molecule has 0 fully saturated rings. The molecule has 0 aliphatic rings. The number of nitrogens with one attached hydrogen (secondary N) is 1. The maximum Gasteiger partial charge on any atom is 0.335 e. The van der Waals surface area contributed by atoms with Crippen molar-refractivity contribution in [3.63, 3.8) is 0 Å². The molecule has 0 amide bonds. The quantitative estimate of drug-likeness (QED) is 0.631. The lowest BCUT2D eigenvalue weighted by Crippen LogP contribution is -2.17. The summed E-state index contributed by atoms with van der Waals surface area (Å²) in [6.45, 7) is 3.16. The average Bonchev–Trinajstić information content (AvgIpc) is 2.39. The van der Waals surface area contributed by atoms with Crippen LogP contribution in [0.15, 0.2) is 18.2 Å². The Balaban J connectivity index is 2.40. The van der Waals surface area contributed by atoms with Gasteiger partial charge in [0.15, 0.2) is 0 Å². The Bertz CT molecular complexity index is 423. The van der Waals surface area contributed by atoms with Gasteiger partial charge in [-0.2, -0.15) is 0 Å². The minimum absolute atomic E-state index is 0.0899. The Morgan fingerprint density at radius 2 is 2.21 bits per heavy atom. The molecule has 0 heterocycles. The normalized spacial score (nSPS) is 12.4. The topological polar surface area (TPSA) is 69.6 Å². The van der Waals surface area contributed by atoms with Crippen LogP contribution in [0.25, 0.3) is 0 Å². The fraction of sp³-hybridized carbons (Fsp3) is 0.500. The van der Waals surface area contributed by atoms with E-state index in [4.69, 9.17) is 10.2 Å². The highest BCUT2D eigenvalue weighted by Gasteiger charge is 2.08. The molecule has 0 spiro atoms. The SMILES string of the molecule is CC(CO)CCCNCc1cc(C(=O)O)ccc1F. The van der Waals surface area contributed by atoms with E-state index in [0.29, 0.717) is 18.7 Å². The third-order valence-corrected chi connectivity index (χ3v) is 2.97. The van der Waals surface area contributed by atoms with E-state index in [-0.39, 0.29) is 18.1 Å². The van der Waals surface area contributed by atoms with Crippen molar-refractivity contribution >= 4 is 5.97 Å². The number of aliphatic hydroxyl groups is 1. The maximum atomic E-state index is 13.5. The first kappa shape index (κ1) is 15.6. The van der Waals surface area contributed by atoms with Crippen LogP contribution in [0.3, 0.4) is 0 Å². The van der Waals surface area contributed by atoms with Crippen LogP contribution in [0.2, 0.25) is 0 Å². The highest BCUT2D eigenvalue weighted by molar-refractivity contribution is 5.87. The smallest absolute Gasteiger partial charge is 0.335 e. The summed E-state index contributed by atoms with van der Waals surface area (Å²) < 4.78 is 13.5. The van der Waals surface area contributed by atoms with Gasteiger partial charge in [0.2, 0.25) is 0 Å². The lowest BCUT2D eigenvalue weighted by Gasteiger charge is -2.09. The van der Waals surface area contributed by atoms with Gasteiger partial charge in [-0.05, 0) is 43.5 Å². The van der Waals surface area contributed by atoms with Crippen molar-refractivity contribution in [3.05, 3.63) is 35.1 Å². The van der Waals surface area contributed by atoms with Crippen LogP contribution in [0, 0.1) is 11.7 Å². The van der Waals surface area contributed by atoms with Gasteiger partial charge in [-0.1, -0.05) is 6.92 Å². The molecule has 1 atom stereocenters. The highest BCUT2D eigenvalue weighted by Crippen LogP contribution is 2.11. The average molecular weight is 269 g/mol. The zero-order valence-electron chi connectivity index (χ0n) is 11.0. The lowest BCUT2D eigenvalue weighted by atomic mass is 10.1. The van der Waals surface area contributed by atoms with E-state index in [9.17, 15) is 9.18 Å². The monoisotopic (exact) mass is 269 g/mol. The van der Waals surface area contributed by atoms with Crippen LogP contribution in [0.1, 0.15) is 35.7 Å². The summed E-state index contributed by atoms with van der Waals surface area (Å²) in [5.74, 6) is -1.19. The Kier molecular flexibility index (Phi) is 6.45. The van der Waals surface area contributed by atoms with Crippen molar-refractivity contribution in [1.29, 1.82) is 0 Å². The zero-order valence-corrected chi connectivity index (χ0v) is 11.0. The maximum absolute atomic E-state index is 13.5. The summed E-state index contributed by atoms with van der Waals surface area (Å²) in [7, 11) is 0. The number of hydrogen-bond acceptors (Lipinski definition) is 3. The Hall–Kier alpha value is -1.46. The van der Waals surface area contributed by atoms with Gasteiger partial charge >= 0.3 is 5.97 Å². The molecule has 4 nitrogen and oxygen atoms in total. The van der Waals surface area contributed by atoms with Crippen LogP contribution < -0.4 is 5.32 Å². The van der Waals surface area contributed by atoms with Crippen LogP contribution >= 0.6 is 0 Å². The third-order valence-electron chi connectivity index (χ3n) is 2.97. The summed E-state index contributed by atoms with van der Waals surface area (Å²) in [6.07, 6.45) is 1.79. The van der Waals surface area contributed by atoms with Crippen LogP contribution in [0.4, 0.5) is 4.39 Å². The van der Waals surface area contributed by atoms with E-state index in [1.807, 2.05) is 6.92 Å². The summed E-state index contributed by atoms with van der Waals surface area (Å²) in [5, 5.41) is 20.8. The predicted molar refractivity (Wildman–Crippen MR) is 70.5 cm³/mol. The van der Waals surface area contributed by atoms with E-state index >= 15 is 0 Å². The molecule has 0 radical (unpaired) electrons. The molecule has 1 unspecified atom stereocenters. The second-order valence-corrected chi connectivity index (χ2v) is 4.72. The standard InChI is InChI=1S/C14H20FNO3/c1-10(9-17)3-2-6-16-8-12-7-11(14(18)19)4-5-13(12)15/h4-5,7,10,16-17H,2-3,6,8-9H2,1H3,(H,18,19). The van der Waals surface area contributed by atoms with E-state index in [0.717, 1.165) is 12.8 Å². The molecular weight excluding hydrogens is 249 g/mol. The lowest BCUT2D eigenvalue weighted by molar-refractivity contribution is 0.0696. The first-order valence-electron chi connectivity index (χ1n) is 6.38. The fourth-order valence-electron chi connectivity index (χ4n) is 1.73. The molecule has 106 valence electrons. The number of benzene rings is 1. The van der Waals surface area contributed by atoms with Gasteiger partial charge in [-0.15, -0.1) is 0 Å². The summed E-state index contributed by atoms with van der Waals surface area (Å²) in [5.41, 5.74) is 0.446. The van der Waals surface area contributed by atoms with Gasteiger partial charge in [0, 0.05) is 18.7 Å². The highest BCUT2D eigenvalue weighted by atomic mass is 19.1. The second kappa shape index (κ2) is 7.86. The minimum Gasteiger partial charge on any atom is -0.478 e. The fourth-order valence-corrected chi connectivity index (χ4v) is 1.73. The number of carbonyl (C=O) groups is 1. The van der Waals surface area contributed by atoms with E-state index < -0.39 is 11.8 Å². The number of aliphatic hydroxyl groups excluding tert-OH is 1. The number of carboxylic acids is 1. The van der Waals surface area contributed by atoms with Gasteiger partial charge in [-0.25, -0.2) is 9.18 Å². The molecule has 0 aliphatic carbocycles. The molecule has 1 aromatic rings. The molecule has 0 saturated heterocycles. The molecule has 1 aromatic carbocycles. The van der Waals surface area contributed by atoms with Crippen molar-refractivity contribution in [2.24, 2.45) is 5.92 Å². The van der Waals surface area contributed by atoms with Gasteiger partial charge in [0.05, 0.1) is 5.56 Å². The van der Waals surface area contributed by atoms with Crippen molar-refractivity contribution in [2.45, 2.75) is 26.3 Å². The van der Waals surface area contributed by atoms with E-state index in [1.54, 1.807) is 0 Å². The molecular formula is C14H20FNO3. The zero-order chi connectivity index (χ0) is 14.3. The largest absolute Gasteiger partial charge is 0.478 e. The van der Waals surface area contributed by atoms with Crippen molar-refractivity contribution in [2.75, 3.05) is 13.2 Å². The molecule has 19 heavy (non-hydrogen) atoms. The Morgan fingerprint density at radius 1 is 1.47 bits per heavy atom. The predicted octanol–water partition coefficient (Wildman–Crippen LogP) is 2.02. The van der Waals surface area contributed by atoms with Crippen LogP contribution in [0.5, 0.6) is 0 Å². The summed E-state index contributed by atoms with van der Waals surface area (Å²) in [6, 6.07) is 3.78. The van der Waals surface area contributed by atoms with Gasteiger partial charge in [0.25, 0.3) is 0 Å². The summed E-state index contributed by atoms with van der Waals surface area (Å²) >= 11 is 0. The van der Waals surface area contributed by atoms with E-state index in [1.165, 1.54) is 18.2 Å². The van der Waals surface area contributed by atoms with Gasteiger partial charge in [-0.3, -0.25) is 0 Å². The molecule has 5 heteroatoms. The molecule has 0 aliphatic heterocycles. The molecule has 0 bridgehead atoms. The molecule has 3 N–H and O–H groups in total. The summed E-state index contributed by atoms with van der Waals surface area (Å²) in [4.78, 5) is 10.8. The molecule has 0 aromatic heterocycles. The van der Waals surface area contributed by atoms with Crippen LogP contribution in [-0.4, -0.2) is 29.3 Å².